The van der Waals surface area contributed by atoms with Gasteiger partial charge in [0.1, 0.15) is 17.3 Å². The van der Waals surface area contributed by atoms with E-state index < -0.39 is 0 Å². The highest BCUT2D eigenvalue weighted by atomic mass is 19.1. The van der Waals surface area contributed by atoms with E-state index in [0.29, 0.717) is 30.2 Å². The summed E-state index contributed by atoms with van der Waals surface area (Å²) >= 11 is 0. The first-order valence-corrected chi connectivity index (χ1v) is 7.85. The van der Waals surface area contributed by atoms with Gasteiger partial charge in [-0.2, -0.15) is 0 Å². The van der Waals surface area contributed by atoms with E-state index in [2.05, 4.69) is 0 Å². The van der Waals surface area contributed by atoms with Crippen LogP contribution in [0.1, 0.15) is 29.0 Å². The zero-order chi connectivity index (χ0) is 16.2. The number of hydrogen-bond acceptors (Lipinski definition) is 3. The van der Waals surface area contributed by atoms with Crippen LogP contribution in [0.25, 0.3) is 0 Å². The molecule has 1 aliphatic heterocycles. The van der Waals surface area contributed by atoms with Crippen molar-refractivity contribution in [3.8, 4) is 5.75 Å². The van der Waals surface area contributed by atoms with Crippen molar-refractivity contribution >= 4 is 5.91 Å². The molecule has 0 radical (unpaired) electrons. The summed E-state index contributed by atoms with van der Waals surface area (Å²) < 4.78 is 23.8. The monoisotopic (exact) mass is 317 g/mol. The van der Waals surface area contributed by atoms with Crippen molar-refractivity contribution in [2.75, 3.05) is 19.7 Å². The fourth-order valence-electron chi connectivity index (χ4n) is 2.91. The lowest BCUT2D eigenvalue weighted by Gasteiger charge is -2.32. The molecule has 0 spiro atoms. The van der Waals surface area contributed by atoms with Gasteiger partial charge in [0.25, 0.3) is 5.91 Å². The summed E-state index contributed by atoms with van der Waals surface area (Å²) in [6.07, 6.45) is 3.52. The lowest BCUT2D eigenvalue weighted by Crippen LogP contribution is -2.41. The molecule has 4 nitrogen and oxygen atoms in total. The minimum absolute atomic E-state index is 0.0164. The Bertz CT molecular complexity index is 665. The number of halogens is 1. The molecule has 0 unspecified atom stereocenters. The van der Waals surface area contributed by atoms with E-state index in [-0.39, 0.29) is 17.6 Å². The average Bonchev–Trinajstić information content (AvgIpc) is 3.00. The van der Waals surface area contributed by atoms with E-state index in [1.54, 1.807) is 31.4 Å². The molecule has 1 saturated heterocycles. The minimum atomic E-state index is -0.276. The van der Waals surface area contributed by atoms with Crippen LogP contribution < -0.4 is 4.74 Å². The van der Waals surface area contributed by atoms with Gasteiger partial charge in [0.15, 0.2) is 0 Å². The number of carbonyl (C=O) groups excluding carboxylic acids is 1. The number of aryl methyl sites for hydroxylation is 1. The van der Waals surface area contributed by atoms with Crippen molar-refractivity contribution in [2.24, 2.45) is 5.92 Å². The number of ether oxygens (including phenoxy) is 1. The zero-order valence-electron chi connectivity index (χ0n) is 13.1. The smallest absolute Gasteiger partial charge is 0.257 e. The van der Waals surface area contributed by atoms with Crippen molar-refractivity contribution in [1.29, 1.82) is 0 Å². The van der Waals surface area contributed by atoms with Crippen molar-refractivity contribution in [1.82, 2.24) is 4.90 Å². The van der Waals surface area contributed by atoms with Gasteiger partial charge >= 0.3 is 0 Å². The summed E-state index contributed by atoms with van der Waals surface area (Å²) in [5.74, 6) is 1.33. The lowest BCUT2D eigenvalue weighted by atomic mass is 9.98. The molecule has 3 rings (SSSR count). The van der Waals surface area contributed by atoms with Crippen LogP contribution >= 0.6 is 0 Å². The Labute approximate surface area is 134 Å². The van der Waals surface area contributed by atoms with Crippen LogP contribution in [0, 0.1) is 18.7 Å². The molecule has 0 bridgehead atoms. The third-order valence-corrected chi connectivity index (χ3v) is 4.19. The third kappa shape index (κ3) is 3.73. The maximum atomic E-state index is 12.9. The number of amides is 1. The number of piperidine rings is 1. The Morgan fingerprint density at radius 1 is 1.35 bits per heavy atom. The van der Waals surface area contributed by atoms with Gasteiger partial charge in [-0.15, -0.1) is 0 Å². The number of benzene rings is 1. The summed E-state index contributed by atoms with van der Waals surface area (Å²) in [5, 5.41) is 0. The van der Waals surface area contributed by atoms with E-state index >= 15 is 0 Å². The van der Waals surface area contributed by atoms with Crippen LogP contribution in [0.4, 0.5) is 4.39 Å². The summed E-state index contributed by atoms with van der Waals surface area (Å²) in [6, 6.07) is 7.73. The molecule has 0 aliphatic carbocycles. The normalized spacial score (nSPS) is 18.0. The average molecular weight is 317 g/mol. The van der Waals surface area contributed by atoms with Gasteiger partial charge in [0.05, 0.1) is 18.4 Å². The fraction of sp³-hybridized carbons (Fsp3) is 0.389. The van der Waals surface area contributed by atoms with Gasteiger partial charge in [-0.3, -0.25) is 4.79 Å². The van der Waals surface area contributed by atoms with E-state index in [9.17, 15) is 9.18 Å². The molecule has 1 aromatic carbocycles. The van der Waals surface area contributed by atoms with Crippen LogP contribution in [-0.2, 0) is 0 Å². The maximum absolute atomic E-state index is 12.9. The Morgan fingerprint density at radius 2 is 2.13 bits per heavy atom. The summed E-state index contributed by atoms with van der Waals surface area (Å²) in [5.41, 5.74) is 0.630. The first kappa shape index (κ1) is 15.6. The molecule has 2 heterocycles. The second-order valence-corrected chi connectivity index (χ2v) is 5.91. The highest BCUT2D eigenvalue weighted by Gasteiger charge is 2.26. The molecule has 2 aromatic rings. The topological polar surface area (TPSA) is 42.7 Å². The molecule has 0 N–H and O–H groups in total. The quantitative estimate of drug-likeness (QED) is 0.864. The number of hydrogen-bond donors (Lipinski definition) is 0. The Balaban J connectivity index is 1.57. The molecule has 0 saturated carbocycles. The number of nitrogens with zero attached hydrogens (tertiary/aromatic N) is 1. The van der Waals surface area contributed by atoms with Crippen LogP contribution in [-0.4, -0.2) is 30.5 Å². The first-order chi connectivity index (χ1) is 11.1. The Hall–Kier alpha value is -2.30. The van der Waals surface area contributed by atoms with Gasteiger partial charge < -0.3 is 14.1 Å². The Morgan fingerprint density at radius 3 is 2.83 bits per heavy atom. The first-order valence-electron chi connectivity index (χ1n) is 7.85. The maximum Gasteiger partial charge on any atom is 0.257 e. The van der Waals surface area contributed by atoms with Crippen LogP contribution in [0.15, 0.2) is 41.0 Å². The summed E-state index contributed by atoms with van der Waals surface area (Å²) in [6.45, 7) is 3.76. The molecule has 1 atom stereocenters. The van der Waals surface area contributed by atoms with Gasteiger partial charge in [-0.05, 0) is 50.1 Å². The fourth-order valence-corrected chi connectivity index (χ4v) is 2.91. The molecule has 1 fully saturated rings. The van der Waals surface area contributed by atoms with Crippen LogP contribution in [0.3, 0.4) is 0 Å². The van der Waals surface area contributed by atoms with E-state index in [1.165, 1.54) is 12.1 Å². The third-order valence-electron chi connectivity index (χ3n) is 4.19. The molecule has 1 aromatic heterocycles. The van der Waals surface area contributed by atoms with E-state index in [1.807, 2.05) is 4.90 Å². The summed E-state index contributed by atoms with van der Waals surface area (Å²) in [7, 11) is 0. The Kier molecular flexibility index (Phi) is 4.65. The molecule has 5 heteroatoms. The van der Waals surface area contributed by atoms with Crippen molar-refractivity contribution < 1.29 is 18.3 Å². The molecular formula is C18H20FNO3. The highest BCUT2D eigenvalue weighted by Crippen LogP contribution is 2.22. The number of likely N-dealkylation sites (tertiary alicyclic amines) is 1. The molecule has 122 valence electrons. The predicted molar refractivity (Wildman–Crippen MR) is 84.0 cm³/mol. The largest absolute Gasteiger partial charge is 0.493 e. The molecule has 1 amide bonds. The molecule has 1 aliphatic rings. The second-order valence-electron chi connectivity index (χ2n) is 5.91. The van der Waals surface area contributed by atoms with Gasteiger partial charge in [-0.1, -0.05) is 0 Å². The molecule has 23 heavy (non-hydrogen) atoms. The summed E-state index contributed by atoms with van der Waals surface area (Å²) in [4.78, 5) is 14.4. The highest BCUT2D eigenvalue weighted by molar-refractivity contribution is 5.95. The van der Waals surface area contributed by atoms with Gasteiger partial charge in [-0.25, -0.2) is 4.39 Å². The lowest BCUT2D eigenvalue weighted by molar-refractivity contribution is 0.0631. The van der Waals surface area contributed by atoms with Crippen LogP contribution in [0.2, 0.25) is 0 Å². The SMILES string of the molecule is Cc1occc1C(=O)N1CCC[C@H](COc2ccc(F)cc2)C1. The zero-order valence-corrected chi connectivity index (χ0v) is 13.1. The molecular weight excluding hydrogens is 297 g/mol. The van der Waals surface area contributed by atoms with Crippen molar-refractivity contribution in [2.45, 2.75) is 19.8 Å². The predicted octanol–water partition coefficient (Wildman–Crippen LogP) is 3.66. The number of rotatable bonds is 4. The number of carbonyl (C=O) groups is 1. The van der Waals surface area contributed by atoms with E-state index in [4.69, 9.17) is 9.15 Å². The standard InChI is InChI=1S/C18H20FNO3/c1-13-17(8-10-22-13)18(21)20-9-2-3-14(11-20)12-23-16-6-4-15(19)5-7-16/h4-8,10,14H,2-3,9,11-12H2,1H3/t14-/m0/s1. The number of furan rings is 1. The van der Waals surface area contributed by atoms with E-state index in [0.717, 1.165) is 19.4 Å². The van der Waals surface area contributed by atoms with Crippen molar-refractivity contribution in [3.63, 3.8) is 0 Å². The van der Waals surface area contributed by atoms with Gasteiger partial charge in [0.2, 0.25) is 0 Å². The van der Waals surface area contributed by atoms with Gasteiger partial charge in [0, 0.05) is 19.0 Å². The van der Waals surface area contributed by atoms with Crippen molar-refractivity contribution in [3.05, 3.63) is 53.7 Å². The van der Waals surface area contributed by atoms with Crippen LogP contribution in [0.5, 0.6) is 5.75 Å². The minimum Gasteiger partial charge on any atom is -0.493 e. The second kappa shape index (κ2) is 6.86.